The van der Waals surface area contributed by atoms with Gasteiger partial charge in [-0.1, -0.05) is 12.1 Å². The monoisotopic (exact) mass is 211 g/mol. The van der Waals surface area contributed by atoms with Gasteiger partial charge in [-0.15, -0.1) is 0 Å². The first-order valence-corrected chi connectivity index (χ1v) is 4.70. The number of H-pyrrole nitrogens is 1. The summed E-state index contributed by atoms with van der Waals surface area (Å²) in [5.74, 6) is 0. The summed E-state index contributed by atoms with van der Waals surface area (Å²) in [4.78, 5) is 13.9. The Morgan fingerprint density at radius 3 is 2.50 bits per heavy atom. The molecular weight excluding hydrogens is 202 g/mol. The standard InChI is InChI=1S/C12H9N3O/c13-7-11-10(5-6-15-12(11)16)8-1-3-9(14)4-2-8/h1-6H,14H2,(H,15,16). The van der Waals surface area contributed by atoms with E-state index in [9.17, 15) is 4.79 Å². The summed E-state index contributed by atoms with van der Waals surface area (Å²) < 4.78 is 0. The largest absolute Gasteiger partial charge is 0.399 e. The number of hydrogen-bond acceptors (Lipinski definition) is 3. The molecule has 0 atom stereocenters. The van der Waals surface area contributed by atoms with Crippen LogP contribution in [0.5, 0.6) is 0 Å². The summed E-state index contributed by atoms with van der Waals surface area (Å²) in [5, 5.41) is 8.92. The fourth-order valence-electron chi connectivity index (χ4n) is 1.49. The highest BCUT2D eigenvalue weighted by Crippen LogP contribution is 2.21. The van der Waals surface area contributed by atoms with Gasteiger partial charge in [0.05, 0.1) is 0 Å². The van der Waals surface area contributed by atoms with Crippen molar-refractivity contribution in [2.75, 3.05) is 5.73 Å². The van der Waals surface area contributed by atoms with E-state index in [0.717, 1.165) is 5.56 Å². The molecule has 4 nitrogen and oxygen atoms in total. The van der Waals surface area contributed by atoms with Gasteiger partial charge in [0.15, 0.2) is 0 Å². The Labute approximate surface area is 92.0 Å². The molecule has 0 aliphatic heterocycles. The lowest BCUT2D eigenvalue weighted by Gasteiger charge is -2.03. The first-order chi connectivity index (χ1) is 7.72. The number of anilines is 1. The third-order valence-corrected chi connectivity index (χ3v) is 2.29. The van der Waals surface area contributed by atoms with Crippen LogP contribution in [0.3, 0.4) is 0 Å². The highest BCUT2D eigenvalue weighted by atomic mass is 16.1. The van der Waals surface area contributed by atoms with Crippen LogP contribution in [-0.2, 0) is 0 Å². The molecule has 1 aromatic carbocycles. The molecule has 0 saturated carbocycles. The number of benzene rings is 1. The molecule has 3 N–H and O–H groups in total. The van der Waals surface area contributed by atoms with Crippen molar-refractivity contribution in [1.29, 1.82) is 5.26 Å². The van der Waals surface area contributed by atoms with E-state index in [-0.39, 0.29) is 11.1 Å². The number of pyridine rings is 1. The number of aromatic amines is 1. The molecule has 2 aromatic rings. The summed E-state index contributed by atoms with van der Waals surface area (Å²) in [6.07, 6.45) is 1.52. The molecule has 0 aliphatic carbocycles. The van der Waals surface area contributed by atoms with E-state index in [4.69, 9.17) is 11.0 Å². The number of aromatic nitrogens is 1. The lowest BCUT2D eigenvalue weighted by Crippen LogP contribution is -2.10. The van der Waals surface area contributed by atoms with E-state index in [1.807, 2.05) is 6.07 Å². The van der Waals surface area contributed by atoms with Crippen LogP contribution < -0.4 is 11.3 Å². The lowest BCUT2D eigenvalue weighted by molar-refractivity contribution is 1.22. The van der Waals surface area contributed by atoms with E-state index in [1.165, 1.54) is 6.20 Å². The van der Waals surface area contributed by atoms with Crippen LogP contribution in [0.4, 0.5) is 5.69 Å². The SMILES string of the molecule is N#Cc1c(-c2ccc(N)cc2)cc[nH]c1=O. The van der Waals surface area contributed by atoms with Gasteiger partial charge >= 0.3 is 0 Å². The number of nitrogens with zero attached hydrogens (tertiary/aromatic N) is 1. The molecule has 4 heteroatoms. The van der Waals surface area contributed by atoms with Gasteiger partial charge in [0.2, 0.25) is 0 Å². The van der Waals surface area contributed by atoms with Crippen molar-refractivity contribution in [3.8, 4) is 17.2 Å². The predicted octanol–water partition coefficient (Wildman–Crippen LogP) is 1.50. The van der Waals surface area contributed by atoms with Crippen LogP contribution in [0.2, 0.25) is 0 Å². The molecule has 0 aliphatic rings. The Kier molecular flexibility index (Phi) is 2.44. The second-order valence-electron chi connectivity index (χ2n) is 3.33. The third kappa shape index (κ3) is 1.66. The number of rotatable bonds is 1. The maximum atomic E-state index is 11.4. The highest BCUT2D eigenvalue weighted by molar-refractivity contribution is 5.70. The molecule has 2 rings (SSSR count). The molecule has 0 fully saturated rings. The molecule has 0 spiro atoms. The summed E-state index contributed by atoms with van der Waals surface area (Å²) in [6.45, 7) is 0. The zero-order valence-electron chi connectivity index (χ0n) is 8.40. The number of nitriles is 1. The van der Waals surface area contributed by atoms with Crippen LogP contribution in [-0.4, -0.2) is 4.98 Å². The van der Waals surface area contributed by atoms with Crippen molar-refractivity contribution < 1.29 is 0 Å². The first kappa shape index (κ1) is 9.99. The van der Waals surface area contributed by atoms with E-state index in [1.54, 1.807) is 30.3 Å². The highest BCUT2D eigenvalue weighted by Gasteiger charge is 2.07. The number of nitrogens with one attached hydrogen (secondary N) is 1. The average molecular weight is 211 g/mol. The van der Waals surface area contributed by atoms with E-state index in [2.05, 4.69) is 4.98 Å². The van der Waals surface area contributed by atoms with Crippen molar-refractivity contribution in [3.05, 3.63) is 52.4 Å². The van der Waals surface area contributed by atoms with Gasteiger partial charge in [-0.3, -0.25) is 4.79 Å². The molecule has 0 bridgehead atoms. The fourth-order valence-corrected chi connectivity index (χ4v) is 1.49. The second-order valence-corrected chi connectivity index (χ2v) is 3.33. The van der Waals surface area contributed by atoms with Crippen molar-refractivity contribution in [3.63, 3.8) is 0 Å². The normalized spacial score (nSPS) is 9.69. The predicted molar refractivity (Wildman–Crippen MR) is 61.6 cm³/mol. The van der Waals surface area contributed by atoms with Crippen molar-refractivity contribution >= 4 is 5.69 Å². The molecular formula is C12H9N3O. The topological polar surface area (TPSA) is 82.7 Å². The Bertz CT molecular complexity index is 605. The molecule has 1 aromatic heterocycles. The minimum atomic E-state index is -0.378. The maximum absolute atomic E-state index is 11.4. The van der Waals surface area contributed by atoms with E-state index < -0.39 is 0 Å². The van der Waals surface area contributed by atoms with Crippen LogP contribution in [0, 0.1) is 11.3 Å². The number of nitrogen functional groups attached to an aromatic ring is 1. The summed E-state index contributed by atoms with van der Waals surface area (Å²) in [5.41, 5.74) is 7.38. The van der Waals surface area contributed by atoms with Crippen LogP contribution in [0.1, 0.15) is 5.56 Å². The molecule has 0 saturated heterocycles. The van der Waals surface area contributed by atoms with Gasteiger partial charge in [0, 0.05) is 17.4 Å². The van der Waals surface area contributed by atoms with Crippen LogP contribution in [0.15, 0.2) is 41.3 Å². The zero-order chi connectivity index (χ0) is 11.5. The van der Waals surface area contributed by atoms with Gasteiger partial charge in [-0.2, -0.15) is 5.26 Å². The average Bonchev–Trinajstić information content (AvgIpc) is 2.30. The number of hydrogen-bond donors (Lipinski definition) is 2. The Morgan fingerprint density at radius 1 is 1.19 bits per heavy atom. The van der Waals surface area contributed by atoms with Gasteiger partial charge in [-0.25, -0.2) is 0 Å². The van der Waals surface area contributed by atoms with Crippen LogP contribution >= 0.6 is 0 Å². The zero-order valence-corrected chi connectivity index (χ0v) is 8.40. The van der Waals surface area contributed by atoms with E-state index in [0.29, 0.717) is 11.3 Å². The molecule has 0 radical (unpaired) electrons. The van der Waals surface area contributed by atoms with Gasteiger partial charge in [-0.05, 0) is 23.8 Å². The minimum absolute atomic E-state index is 0.118. The second kappa shape index (κ2) is 3.91. The van der Waals surface area contributed by atoms with Crippen LogP contribution in [0.25, 0.3) is 11.1 Å². The molecule has 78 valence electrons. The summed E-state index contributed by atoms with van der Waals surface area (Å²) >= 11 is 0. The van der Waals surface area contributed by atoms with Gasteiger partial charge in [0.1, 0.15) is 11.6 Å². The Hall–Kier alpha value is -2.54. The minimum Gasteiger partial charge on any atom is -0.399 e. The molecule has 1 heterocycles. The van der Waals surface area contributed by atoms with Crippen molar-refractivity contribution in [1.82, 2.24) is 4.98 Å². The summed E-state index contributed by atoms with van der Waals surface area (Å²) in [6, 6.07) is 10.6. The van der Waals surface area contributed by atoms with Crippen molar-refractivity contribution in [2.24, 2.45) is 0 Å². The third-order valence-electron chi connectivity index (χ3n) is 2.29. The van der Waals surface area contributed by atoms with Crippen molar-refractivity contribution in [2.45, 2.75) is 0 Å². The molecule has 16 heavy (non-hydrogen) atoms. The first-order valence-electron chi connectivity index (χ1n) is 4.70. The maximum Gasteiger partial charge on any atom is 0.266 e. The van der Waals surface area contributed by atoms with Gasteiger partial charge in [0.25, 0.3) is 5.56 Å². The smallest absolute Gasteiger partial charge is 0.266 e. The fraction of sp³-hybridized carbons (Fsp3) is 0. The van der Waals surface area contributed by atoms with E-state index >= 15 is 0 Å². The van der Waals surface area contributed by atoms with Gasteiger partial charge < -0.3 is 10.7 Å². The molecule has 0 unspecified atom stereocenters. The Balaban J connectivity index is 2.66. The molecule has 0 amide bonds. The quantitative estimate of drug-likeness (QED) is 0.701. The summed E-state index contributed by atoms with van der Waals surface area (Å²) in [7, 11) is 0. The lowest BCUT2D eigenvalue weighted by atomic mass is 10.0. The Morgan fingerprint density at radius 2 is 1.88 bits per heavy atom. The number of nitrogens with two attached hydrogens (primary N) is 1.